The summed E-state index contributed by atoms with van der Waals surface area (Å²) in [6.07, 6.45) is 0. The normalized spacial score (nSPS) is 40.0. The van der Waals surface area contributed by atoms with Crippen LogP contribution in [0.25, 0.3) is 0 Å². The molecule has 1 aliphatic heterocycles. The Kier molecular flexibility index (Phi) is 1.75. The molecule has 0 aliphatic carbocycles. The van der Waals surface area contributed by atoms with Gasteiger partial charge in [0, 0.05) is 26.2 Å². The molecule has 2 unspecified atom stereocenters. The van der Waals surface area contributed by atoms with E-state index in [0.29, 0.717) is 12.1 Å². The molecular weight excluding hydrogens is 114 g/mol. The Balaban J connectivity index is 2.54. The minimum absolute atomic E-state index is 0.569. The number of likely N-dealkylation sites (N-methyl/N-ethyl adjacent to an activating group) is 1. The first-order valence-electron chi connectivity index (χ1n) is 3.35. The second-order valence-corrected chi connectivity index (χ2v) is 2.76. The van der Waals surface area contributed by atoms with Crippen molar-refractivity contribution < 1.29 is 0 Å². The fourth-order valence-electron chi connectivity index (χ4n) is 1.09. The van der Waals surface area contributed by atoms with Crippen molar-refractivity contribution in [2.24, 2.45) is 0 Å². The quantitative estimate of drug-likeness (QED) is 0.499. The van der Waals surface area contributed by atoms with Crippen LogP contribution < -0.4 is 5.43 Å². The van der Waals surface area contributed by atoms with Crippen molar-refractivity contribution in [3.8, 4) is 0 Å². The number of hydrazine groups is 2. The van der Waals surface area contributed by atoms with Crippen LogP contribution >= 0.6 is 0 Å². The highest BCUT2D eigenvalue weighted by Crippen LogP contribution is 2.09. The summed E-state index contributed by atoms with van der Waals surface area (Å²) in [5.41, 5.74) is 3.28. The molecule has 0 bridgehead atoms. The lowest BCUT2D eigenvalue weighted by molar-refractivity contribution is 0.0236. The van der Waals surface area contributed by atoms with Crippen LogP contribution in [0.15, 0.2) is 0 Å². The van der Waals surface area contributed by atoms with Gasteiger partial charge in [0.25, 0.3) is 0 Å². The Bertz CT molecular complexity index is 92.5. The SMILES string of the molecule is CC1NN(C)N(C)C1C. The van der Waals surface area contributed by atoms with E-state index in [0.717, 1.165) is 0 Å². The van der Waals surface area contributed by atoms with E-state index >= 15 is 0 Å². The van der Waals surface area contributed by atoms with Crippen molar-refractivity contribution in [3.63, 3.8) is 0 Å². The summed E-state index contributed by atoms with van der Waals surface area (Å²) < 4.78 is 0. The van der Waals surface area contributed by atoms with Crippen LogP contribution in [0.2, 0.25) is 0 Å². The van der Waals surface area contributed by atoms with Crippen molar-refractivity contribution in [2.75, 3.05) is 14.1 Å². The van der Waals surface area contributed by atoms with E-state index in [4.69, 9.17) is 0 Å². The molecule has 0 spiro atoms. The molecule has 0 amide bonds. The zero-order valence-electron chi connectivity index (χ0n) is 6.55. The summed E-state index contributed by atoms with van der Waals surface area (Å²) >= 11 is 0. The molecule has 3 nitrogen and oxygen atoms in total. The molecule has 0 radical (unpaired) electrons. The summed E-state index contributed by atoms with van der Waals surface area (Å²) in [7, 11) is 4.11. The molecule has 2 atom stereocenters. The van der Waals surface area contributed by atoms with Gasteiger partial charge in [-0.15, -0.1) is 0 Å². The van der Waals surface area contributed by atoms with Gasteiger partial charge in [-0.2, -0.15) is 5.12 Å². The standard InChI is InChI=1S/C6H15N3/c1-5-6(2)8(3)9(4)7-5/h5-7H,1-4H3. The van der Waals surface area contributed by atoms with E-state index in [1.54, 1.807) is 0 Å². The minimum Gasteiger partial charge on any atom is -0.237 e. The van der Waals surface area contributed by atoms with Crippen molar-refractivity contribution in [3.05, 3.63) is 0 Å². The Morgan fingerprint density at radius 2 is 1.78 bits per heavy atom. The highest BCUT2D eigenvalue weighted by atomic mass is 15.8. The molecule has 1 rings (SSSR count). The Hall–Kier alpha value is -0.120. The summed E-state index contributed by atoms with van der Waals surface area (Å²) in [4.78, 5) is 0. The minimum atomic E-state index is 0.569. The lowest BCUT2D eigenvalue weighted by Gasteiger charge is -2.20. The number of nitrogens with one attached hydrogen (secondary N) is 1. The third-order valence-corrected chi connectivity index (χ3v) is 2.18. The molecule has 0 saturated carbocycles. The van der Waals surface area contributed by atoms with Gasteiger partial charge in [-0.25, -0.2) is 10.4 Å². The molecule has 1 saturated heterocycles. The number of rotatable bonds is 0. The fourth-order valence-corrected chi connectivity index (χ4v) is 1.09. The third kappa shape index (κ3) is 1.08. The first kappa shape index (κ1) is 6.99. The first-order chi connectivity index (χ1) is 4.13. The van der Waals surface area contributed by atoms with Gasteiger partial charge in [0.15, 0.2) is 0 Å². The molecule has 0 aromatic heterocycles. The van der Waals surface area contributed by atoms with Crippen LogP contribution in [0.3, 0.4) is 0 Å². The maximum atomic E-state index is 3.28. The van der Waals surface area contributed by atoms with Gasteiger partial charge in [0.2, 0.25) is 0 Å². The highest BCUT2D eigenvalue weighted by molar-refractivity contribution is 4.77. The van der Waals surface area contributed by atoms with Crippen molar-refractivity contribution in [1.29, 1.82) is 0 Å². The second kappa shape index (κ2) is 2.25. The summed E-state index contributed by atoms with van der Waals surface area (Å²) in [6, 6.07) is 1.18. The van der Waals surface area contributed by atoms with Gasteiger partial charge in [-0.3, -0.25) is 0 Å². The highest BCUT2D eigenvalue weighted by Gasteiger charge is 2.27. The molecule has 54 valence electrons. The molecular formula is C6H15N3. The largest absolute Gasteiger partial charge is 0.237 e. The number of hydrogen-bond donors (Lipinski definition) is 1. The molecule has 1 N–H and O–H groups in total. The second-order valence-electron chi connectivity index (χ2n) is 2.76. The smallest absolute Gasteiger partial charge is 0.0392 e. The van der Waals surface area contributed by atoms with Crippen LogP contribution in [0.5, 0.6) is 0 Å². The average molecular weight is 129 g/mol. The van der Waals surface area contributed by atoms with Gasteiger partial charge < -0.3 is 0 Å². The third-order valence-electron chi connectivity index (χ3n) is 2.18. The van der Waals surface area contributed by atoms with E-state index in [9.17, 15) is 0 Å². The molecule has 1 aliphatic rings. The van der Waals surface area contributed by atoms with Crippen LogP contribution in [0.4, 0.5) is 0 Å². The van der Waals surface area contributed by atoms with Crippen LogP contribution in [-0.4, -0.2) is 36.3 Å². The Morgan fingerprint density at radius 3 is 1.89 bits per heavy atom. The van der Waals surface area contributed by atoms with Crippen LogP contribution in [-0.2, 0) is 0 Å². The molecule has 0 aromatic carbocycles. The predicted molar refractivity (Wildman–Crippen MR) is 37.6 cm³/mol. The summed E-state index contributed by atoms with van der Waals surface area (Å²) in [5, 5.41) is 4.21. The van der Waals surface area contributed by atoms with Gasteiger partial charge in [0.1, 0.15) is 0 Å². The van der Waals surface area contributed by atoms with E-state index in [-0.39, 0.29) is 0 Å². The molecule has 0 aromatic rings. The maximum Gasteiger partial charge on any atom is 0.0392 e. The monoisotopic (exact) mass is 129 g/mol. The fraction of sp³-hybridized carbons (Fsp3) is 1.00. The maximum absolute atomic E-state index is 3.28. The van der Waals surface area contributed by atoms with Gasteiger partial charge in [-0.1, -0.05) is 0 Å². The van der Waals surface area contributed by atoms with E-state index in [1.807, 2.05) is 12.2 Å². The van der Waals surface area contributed by atoms with Gasteiger partial charge >= 0.3 is 0 Å². The zero-order valence-corrected chi connectivity index (χ0v) is 6.55. The van der Waals surface area contributed by atoms with E-state index in [2.05, 4.69) is 31.3 Å². The Morgan fingerprint density at radius 1 is 1.22 bits per heavy atom. The lowest BCUT2D eigenvalue weighted by atomic mass is 10.2. The van der Waals surface area contributed by atoms with Crippen molar-refractivity contribution >= 4 is 0 Å². The summed E-state index contributed by atoms with van der Waals surface area (Å²) in [6.45, 7) is 4.39. The van der Waals surface area contributed by atoms with Crippen LogP contribution in [0, 0.1) is 0 Å². The van der Waals surface area contributed by atoms with Crippen molar-refractivity contribution in [1.82, 2.24) is 15.6 Å². The molecule has 1 fully saturated rings. The van der Waals surface area contributed by atoms with E-state index in [1.165, 1.54) is 0 Å². The zero-order chi connectivity index (χ0) is 7.02. The number of nitrogens with zero attached hydrogens (tertiary/aromatic N) is 2. The molecule has 9 heavy (non-hydrogen) atoms. The van der Waals surface area contributed by atoms with Gasteiger partial charge in [0.05, 0.1) is 0 Å². The summed E-state index contributed by atoms with van der Waals surface area (Å²) in [5.74, 6) is 0. The van der Waals surface area contributed by atoms with E-state index < -0.39 is 0 Å². The number of hydrogen-bond acceptors (Lipinski definition) is 3. The average Bonchev–Trinajstić information content (AvgIpc) is 1.98. The first-order valence-corrected chi connectivity index (χ1v) is 3.35. The Labute approximate surface area is 56.6 Å². The predicted octanol–water partition coefficient (Wildman–Crippen LogP) is 0.0602. The lowest BCUT2D eigenvalue weighted by Crippen LogP contribution is -2.37. The van der Waals surface area contributed by atoms with Crippen LogP contribution in [0.1, 0.15) is 13.8 Å². The molecule has 3 heteroatoms. The topological polar surface area (TPSA) is 18.5 Å². The van der Waals surface area contributed by atoms with Gasteiger partial charge in [-0.05, 0) is 13.8 Å². The van der Waals surface area contributed by atoms with Crippen molar-refractivity contribution in [2.45, 2.75) is 25.9 Å². The molecule has 1 heterocycles.